The maximum atomic E-state index is 2.27. The van der Waals surface area contributed by atoms with E-state index in [1.807, 2.05) is 0 Å². The molecule has 0 fully saturated rings. The summed E-state index contributed by atoms with van der Waals surface area (Å²) in [5, 5.41) is 0. The molecular weight excluding hydrogens is 276 g/mol. The van der Waals surface area contributed by atoms with Crippen LogP contribution in [-0.2, 0) is 6.42 Å². The van der Waals surface area contributed by atoms with Crippen LogP contribution in [0.5, 0.6) is 0 Å². The van der Waals surface area contributed by atoms with E-state index in [0.717, 1.165) is 6.42 Å². The lowest BCUT2D eigenvalue weighted by Gasteiger charge is -2.08. The van der Waals surface area contributed by atoms with Crippen LogP contribution in [0.4, 0.5) is 0 Å². The molecule has 0 aromatic heterocycles. The van der Waals surface area contributed by atoms with E-state index in [0.29, 0.717) is 0 Å². The van der Waals surface area contributed by atoms with Gasteiger partial charge >= 0.3 is 0 Å². The van der Waals surface area contributed by atoms with Gasteiger partial charge in [0.05, 0.1) is 0 Å². The molecule has 3 aromatic carbocycles. The molecule has 0 radical (unpaired) electrons. The smallest absolute Gasteiger partial charge is 0.0181 e. The summed E-state index contributed by atoms with van der Waals surface area (Å²) in [7, 11) is 0. The summed E-state index contributed by atoms with van der Waals surface area (Å²) in [5.41, 5.74) is 9.24. The van der Waals surface area contributed by atoms with E-state index in [4.69, 9.17) is 0 Å². The van der Waals surface area contributed by atoms with E-state index in [-0.39, 0.29) is 0 Å². The highest BCUT2D eigenvalue weighted by Gasteiger charge is 2.02. The average Bonchev–Trinajstić information content (AvgIpc) is 2.59. The van der Waals surface area contributed by atoms with Gasteiger partial charge in [0.2, 0.25) is 0 Å². The predicted octanol–water partition coefficient (Wildman–Crippen LogP) is 6.59. The number of rotatable bonds is 4. The van der Waals surface area contributed by atoms with Crippen LogP contribution in [0.15, 0.2) is 66.7 Å². The molecule has 0 unspecified atom stereocenters. The van der Waals surface area contributed by atoms with Gasteiger partial charge in [-0.05, 0) is 59.2 Å². The highest BCUT2D eigenvalue weighted by Crippen LogP contribution is 2.26. The molecule has 3 rings (SSSR count). The molecule has 0 nitrogen and oxygen atoms in total. The van der Waals surface area contributed by atoms with Gasteiger partial charge in [-0.25, -0.2) is 0 Å². The van der Waals surface area contributed by atoms with Gasteiger partial charge < -0.3 is 0 Å². The standard InChI is InChI=1S/C23H24/c1-4-5-19-7-10-20(11-8-19)21-12-14-22(15-13-21)23-9-6-17(2)18(3)16-23/h6-16H,4-5H2,1-3H3. The molecule has 0 aliphatic heterocycles. The van der Waals surface area contributed by atoms with Crippen molar-refractivity contribution in [1.82, 2.24) is 0 Å². The van der Waals surface area contributed by atoms with Crippen molar-refractivity contribution in [2.45, 2.75) is 33.6 Å². The second-order valence-electron chi connectivity index (χ2n) is 6.32. The number of hydrogen-bond acceptors (Lipinski definition) is 0. The van der Waals surface area contributed by atoms with Gasteiger partial charge in [0.25, 0.3) is 0 Å². The fourth-order valence-electron chi connectivity index (χ4n) is 2.93. The zero-order chi connectivity index (χ0) is 16.2. The fourth-order valence-corrected chi connectivity index (χ4v) is 2.93. The maximum absolute atomic E-state index is 2.27. The first-order valence-corrected chi connectivity index (χ1v) is 8.44. The van der Waals surface area contributed by atoms with Crippen LogP contribution in [0.1, 0.15) is 30.0 Å². The van der Waals surface area contributed by atoms with Gasteiger partial charge in [-0.1, -0.05) is 80.1 Å². The van der Waals surface area contributed by atoms with E-state index in [2.05, 4.69) is 87.5 Å². The molecule has 0 saturated heterocycles. The summed E-state index contributed by atoms with van der Waals surface area (Å²) in [6.07, 6.45) is 2.36. The molecule has 0 bridgehead atoms. The number of aryl methyl sites for hydroxylation is 3. The van der Waals surface area contributed by atoms with Crippen LogP contribution in [0.2, 0.25) is 0 Å². The quantitative estimate of drug-likeness (QED) is 0.510. The molecule has 0 heterocycles. The molecule has 0 saturated carbocycles. The lowest BCUT2D eigenvalue weighted by molar-refractivity contribution is 0.922. The molecule has 0 spiro atoms. The van der Waals surface area contributed by atoms with E-state index in [1.165, 1.54) is 45.4 Å². The maximum Gasteiger partial charge on any atom is -0.0181 e. The molecule has 116 valence electrons. The first-order chi connectivity index (χ1) is 11.2. The van der Waals surface area contributed by atoms with Crippen LogP contribution < -0.4 is 0 Å². The van der Waals surface area contributed by atoms with Crippen LogP contribution >= 0.6 is 0 Å². The van der Waals surface area contributed by atoms with E-state index >= 15 is 0 Å². The molecule has 23 heavy (non-hydrogen) atoms. The van der Waals surface area contributed by atoms with Crippen LogP contribution in [0.25, 0.3) is 22.3 Å². The second-order valence-corrected chi connectivity index (χ2v) is 6.32. The zero-order valence-electron chi connectivity index (χ0n) is 14.3. The third kappa shape index (κ3) is 3.53. The fraction of sp³-hybridized carbons (Fsp3) is 0.217. The van der Waals surface area contributed by atoms with E-state index in [1.54, 1.807) is 0 Å². The molecule has 0 N–H and O–H groups in total. The van der Waals surface area contributed by atoms with Crippen LogP contribution in [-0.4, -0.2) is 0 Å². The summed E-state index contributed by atoms with van der Waals surface area (Å²) < 4.78 is 0. The van der Waals surface area contributed by atoms with Crippen molar-refractivity contribution in [1.29, 1.82) is 0 Å². The monoisotopic (exact) mass is 300 g/mol. The SMILES string of the molecule is CCCc1ccc(-c2ccc(-c3ccc(C)c(C)c3)cc2)cc1. The molecule has 0 heteroatoms. The summed E-state index contributed by atoms with van der Waals surface area (Å²) in [4.78, 5) is 0. The number of hydrogen-bond donors (Lipinski definition) is 0. The van der Waals surface area contributed by atoms with Gasteiger partial charge in [0.15, 0.2) is 0 Å². The normalized spacial score (nSPS) is 10.7. The van der Waals surface area contributed by atoms with Crippen molar-refractivity contribution in [2.24, 2.45) is 0 Å². The highest BCUT2D eigenvalue weighted by molar-refractivity contribution is 5.71. The topological polar surface area (TPSA) is 0 Å². The largest absolute Gasteiger partial charge is 0.0651 e. The van der Waals surface area contributed by atoms with Crippen molar-refractivity contribution in [3.63, 3.8) is 0 Å². The molecule has 0 aliphatic carbocycles. The van der Waals surface area contributed by atoms with Crippen molar-refractivity contribution in [3.8, 4) is 22.3 Å². The Hall–Kier alpha value is -2.34. The third-order valence-corrected chi connectivity index (χ3v) is 4.55. The van der Waals surface area contributed by atoms with Gasteiger partial charge in [-0.15, -0.1) is 0 Å². The predicted molar refractivity (Wildman–Crippen MR) is 101 cm³/mol. The Morgan fingerprint density at radius 3 is 1.57 bits per heavy atom. The van der Waals surface area contributed by atoms with Crippen molar-refractivity contribution in [3.05, 3.63) is 83.4 Å². The molecule has 0 amide bonds. The third-order valence-electron chi connectivity index (χ3n) is 4.55. The van der Waals surface area contributed by atoms with Crippen LogP contribution in [0, 0.1) is 13.8 Å². The Morgan fingerprint density at radius 1 is 0.565 bits per heavy atom. The van der Waals surface area contributed by atoms with Gasteiger partial charge in [-0.2, -0.15) is 0 Å². The Balaban J connectivity index is 1.85. The highest BCUT2D eigenvalue weighted by atomic mass is 14.1. The second kappa shape index (κ2) is 6.83. The minimum Gasteiger partial charge on any atom is -0.0651 e. The summed E-state index contributed by atoms with van der Waals surface area (Å²) >= 11 is 0. The Bertz CT molecular complexity index is 777. The molecule has 0 atom stereocenters. The van der Waals surface area contributed by atoms with Gasteiger partial charge in [-0.3, -0.25) is 0 Å². The van der Waals surface area contributed by atoms with Crippen molar-refractivity contribution < 1.29 is 0 Å². The van der Waals surface area contributed by atoms with Gasteiger partial charge in [0.1, 0.15) is 0 Å². The minimum atomic E-state index is 1.16. The number of benzene rings is 3. The lowest BCUT2D eigenvalue weighted by Crippen LogP contribution is -1.85. The Labute approximate surface area is 139 Å². The van der Waals surface area contributed by atoms with E-state index in [9.17, 15) is 0 Å². The van der Waals surface area contributed by atoms with Crippen molar-refractivity contribution in [2.75, 3.05) is 0 Å². The Kier molecular flexibility index (Phi) is 4.62. The zero-order valence-corrected chi connectivity index (χ0v) is 14.3. The minimum absolute atomic E-state index is 1.16. The molecule has 0 aliphatic rings. The molecular formula is C23H24. The Morgan fingerprint density at radius 2 is 1.04 bits per heavy atom. The lowest BCUT2D eigenvalue weighted by atomic mass is 9.97. The van der Waals surface area contributed by atoms with Crippen molar-refractivity contribution >= 4 is 0 Å². The first-order valence-electron chi connectivity index (χ1n) is 8.44. The summed E-state index contributed by atoms with van der Waals surface area (Å²) in [6.45, 7) is 6.55. The van der Waals surface area contributed by atoms with Gasteiger partial charge in [0, 0.05) is 0 Å². The summed E-state index contributed by atoms with van der Waals surface area (Å²) in [5.74, 6) is 0. The first kappa shape index (κ1) is 15.6. The van der Waals surface area contributed by atoms with E-state index < -0.39 is 0 Å². The average molecular weight is 300 g/mol. The summed E-state index contributed by atoms with van der Waals surface area (Å²) in [6, 6.07) is 24.5. The molecule has 3 aromatic rings. The van der Waals surface area contributed by atoms with Crippen LogP contribution in [0.3, 0.4) is 0 Å².